The molecule has 9 heteroatoms. The summed E-state index contributed by atoms with van der Waals surface area (Å²) in [6.07, 6.45) is 1.51. The van der Waals surface area contributed by atoms with Crippen molar-refractivity contribution < 1.29 is 14.3 Å². The van der Waals surface area contributed by atoms with Crippen molar-refractivity contribution in [2.45, 2.75) is 19.3 Å². The Hall–Kier alpha value is -2.87. The summed E-state index contributed by atoms with van der Waals surface area (Å²) in [4.78, 5) is 12.1. The van der Waals surface area contributed by atoms with Gasteiger partial charge in [0.2, 0.25) is 11.8 Å². The normalized spacial score (nSPS) is 10.7. The van der Waals surface area contributed by atoms with Gasteiger partial charge in [-0.1, -0.05) is 11.6 Å². The van der Waals surface area contributed by atoms with Crippen LogP contribution in [0.3, 0.4) is 0 Å². The molecular formula is C17H18ClN5O3. The highest BCUT2D eigenvalue weighted by Crippen LogP contribution is 2.27. The van der Waals surface area contributed by atoms with E-state index in [0.29, 0.717) is 53.1 Å². The number of benzene rings is 1. The maximum absolute atomic E-state index is 12.1. The number of anilines is 1. The standard InChI is InChI=1S/C17H18ClN5O3/c1-25-13-7-6-11(10-12(13)18)19-16(24)5-3-4-14-20-21-15-8-9-17(26-2)22-23(14)15/h6-10H,3-5H2,1-2H3,(H,19,24). The van der Waals surface area contributed by atoms with Gasteiger partial charge in [-0.15, -0.1) is 15.3 Å². The lowest BCUT2D eigenvalue weighted by Crippen LogP contribution is -2.12. The van der Waals surface area contributed by atoms with Gasteiger partial charge in [0.1, 0.15) is 5.75 Å². The van der Waals surface area contributed by atoms with Crippen molar-refractivity contribution >= 4 is 28.8 Å². The fourth-order valence-electron chi connectivity index (χ4n) is 2.46. The third kappa shape index (κ3) is 4.02. The number of hydrogen-bond donors (Lipinski definition) is 1. The molecule has 0 atom stereocenters. The highest BCUT2D eigenvalue weighted by Gasteiger charge is 2.10. The highest BCUT2D eigenvalue weighted by atomic mass is 35.5. The Morgan fingerprint density at radius 2 is 2.04 bits per heavy atom. The number of amides is 1. The number of aromatic nitrogens is 4. The van der Waals surface area contributed by atoms with Gasteiger partial charge in [0.15, 0.2) is 11.5 Å². The molecule has 1 N–H and O–H groups in total. The number of nitrogens with one attached hydrogen (secondary N) is 1. The number of carbonyl (C=O) groups excluding carboxylic acids is 1. The van der Waals surface area contributed by atoms with Crippen LogP contribution < -0.4 is 14.8 Å². The molecule has 0 saturated heterocycles. The second kappa shape index (κ2) is 8.01. The molecule has 136 valence electrons. The van der Waals surface area contributed by atoms with E-state index in [2.05, 4.69) is 20.6 Å². The first-order valence-electron chi connectivity index (χ1n) is 7.99. The van der Waals surface area contributed by atoms with Crippen molar-refractivity contribution in [3.05, 3.63) is 41.2 Å². The molecule has 0 spiro atoms. The molecule has 0 unspecified atom stereocenters. The van der Waals surface area contributed by atoms with Gasteiger partial charge in [-0.05, 0) is 30.7 Å². The number of rotatable bonds is 7. The molecule has 0 aliphatic heterocycles. The molecule has 0 saturated carbocycles. The van der Waals surface area contributed by atoms with Crippen LogP contribution in [0.1, 0.15) is 18.7 Å². The van der Waals surface area contributed by atoms with E-state index in [-0.39, 0.29) is 5.91 Å². The van der Waals surface area contributed by atoms with Crippen LogP contribution in [0, 0.1) is 0 Å². The Balaban J connectivity index is 1.56. The maximum Gasteiger partial charge on any atom is 0.231 e. The Kier molecular flexibility index (Phi) is 5.52. The highest BCUT2D eigenvalue weighted by molar-refractivity contribution is 6.32. The fraction of sp³-hybridized carbons (Fsp3) is 0.294. The lowest BCUT2D eigenvalue weighted by atomic mass is 10.2. The molecule has 3 rings (SSSR count). The number of methoxy groups -OCH3 is 2. The van der Waals surface area contributed by atoms with Crippen molar-refractivity contribution in [3.8, 4) is 11.6 Å². The number of aryl methyl sites for hydroxylation is 1. The van der Waals surface area contributed by atoms with Gasteiger partial charge in [-0.3, -0.25) is 4.79 Å². The molecule has 0 aliphatic carbocycles. The molecule has 26 heavy (non-hydrogen) atoms. The number of nitrogens with zero attached hydrogens (tertiary/aromatic N) is 4. The third-order valence-electron chi connectivity index (χ3n) is 3.75. The van der Waals surface area contributed by atoms with Gasteiger partial charge >= 0.3 is 0 Å². The predicted octanol–water partition coefficient (Wildman–Crippen LogP) is 2.76. The molecule has 0 fully saturated rings. The van der Waals surface area contributed by atoms with Gasteiger partial charge in [-0.25, -0.2) is 0 Å². The molecule has 2 heterocycles. The minimum Gasteiger partial charge on any atom is -0.495 e. The first-order valence-corrected chi connectivity index (χ1v) is 8.37. The molecule has 0 bridgehead atoms. The molecule has 3 aromatic rings. The van der Waals surface area contributed by atoms with Crippen LogP contribution in [0.5, 0.6) is 11.6 Å². The molecule has 1 aromatic carbocycles. The van der Waals surface area contributed by atoms with Gasteiger partial charge < -0.3 is 14.8 Å². The summed E-state index contributed by atoms with van der Waals surface area (Å²) in [5.41, 5.74) is 1.26. The number of ether oxygens (including phenoxy) is 2. The van der Waals surface area contributed by atoms with E-state index in [1.807, 2.05) is 0 Å². The average Bonchev–Trinajstić information content (AvgIpc) is 3.04. The third-order valence-corrected chi connectivity index (χ3v) is 4.05. The van der Waals surface area contributed by atoms with Gasteiger partial charge in [0, 0.05) is 24.6 Å². The Morgan fingerprint density at radius 3 is 2.77 bits per heavy atom. The van der Waals surface area contributed by atoms with Crippen LogP contribution >= 0.6 is 11.6 Å². The number of fused-ring (bicyclic) bond motifs is 1. The molecule has 0 aliphatic rings. The van der Waals surface area contributed by atoms with Crippen molar-refractivity contribution in [3.63, 3.8) is 0 Å². The van der Waals surface area contributed by atoms with Gasteiger partial charge in [0.25, 0.3) is 0 Å². The Morgan fingerprint density at radius 1 is 1.19 bits per heavy atom. The van der Waals surface area contributed by atoms with Crippen LogP contribution in [0.4, 0.5) is 5.69 Å². The zero-order chi connectivity index (χ0) is 18.5. The summed E-state index contributed by atoms with van der Waals surface area (Å²) < 4.78 is 11.8. The van der Waals surface area contributed by atoms with Crippen LogP contribution in [0.15, 0.2) is 30.3 Å². The first-order chi connectivity index (χ1) is 12.6. The van der Waals surface area contributed by atoms with Crippen LogP contribution in [0.2, 0.25) is 5.02 Å². The zero-order valence-corrected chi connectivity index (χ0v) is 15.2. The average molecular weight is 376 g/mol. The van der Waals surface area contributed by atoms with Crippen LogP contribution in [-0.4, -0.2) is 39.9 Å². The second-order valence-electron chi connectivity index (χ2n) is 5.51. The van der Waals surface area contributed by atoms with Crippen molar-refractivity contribution in [2.24, 2.45) is 0 Å². The summed E-state index contributed by atoms with van der Waals surface area (Å²) in [6.45, 7) is 0. The second-order valence-corrected chi connectivity index (χ2v) is 5.92. The van der Waals surface area contributed by atoms with E-state index < -0.39 is 0 Å². The smallest absolute Gasteiger partial charge is 0.231 e. The number of halogens is 1. The van der Waals surface area contributed by atoms with E-state index in [1.165, 1.54) is 7.11 Å². The molecule has 0 radical (unpaired) electrons. The molecule has 1 amide bonds. The molecule has 2 aromatic heterocycles. The lowest BCUT2D eigenvalue weighted by Gasteiger charge is -2.08. The van der Waals surface area contributed by atoms with E-state index in [1.54, 1.807) is 42.0 Å². The quantitative estimate of drug-likeness (QED) is 0.682. The molecule has 8 nitrogen and oxygen atoms in total. The summed E-state index contributed by atoms with van der Waals surface area (Å²) in [5.74, 6) is 1.61. The largest absolute Gasteiger partial charge is 0.495 e. The topological polar surface area (TPSA) is 90.6 Å². The lowest BCUT2D eigenvalue weighted by molar-refractivity contribution is -0.116. The van der Waals surface area contributed by atoms with Gasteiger partial charge in [-0.2, -0.15) is 4.52 Å². The fourth-order valence-corrected chi connectivity index (χ4v) is 2.71. The van der Waals surface area contributed by atoms with Crippen molar-refractivity contribution in [2.75, 3.05) is 19.5 Å². The van der Waals surface area contributed by atoms with E-state index in [4.69, 9.17) is 21.1 Å². The number of hydrogen-bond acceptors (Lipinski definition) is 6. The minimum atomic E-state index is -0.106. The summed E-state index contributed by atoms with van der Waals surface area (Å²) in [7, 11) is 3.09. The van der Waals surface area contributed by atoms with Gasteiger partial charge in [0.05, 0.1) is 19.2 Å². The van der Waals surface area contributed by atoms with E-state index in [9.17, 15) is 4.79 Å². The van der Waals surface area contributed by atoms with Crippen molar-refractivity contribution in [1.29, 1.82) is 0 Å². The number of carbonyl (C=O) groups is 1. The Bertz CT molecular complexity index is 928. The van der Waals surface area contributed by atoms with Crippen molar-refractivity contribution in [1.82, 2.24) is 19.8 Å². The first kappa shape index (κ1) is 17.9. The summed E-state index contributed by atoms with van der Waals surface area (Å²) >= 11 is 6.05. The van der Waals surface area contributed by atoms with Crippen LogP contribution in [-0.2, 0) is 11.2 Å². The summed E-state index contributed by atoms with van der Waals surface area (Å²) in [6, 6.07) is 8.61. The van der Waals surface area contributed by atoms with E-state index in [0.717, 1.165) is 0 Å². The predicted molar refractivity (Wildman–Crippen MR) is 96.9 cm³/mol. The van der Waals surface area contributed by atoms with E-state index >= 15 is 0 Å². The summed E-state index contributed by atoms with van der Waals surface area (Å²) in [5, 5.41) is 15.7. The zero-order valence-electron chi connectivity index (χ0n) is 14.4. The maximum atomic E-state index is 12.1. The monoisotopic (exact) mass is 375 g/mol. The SMILES string of the molecule is COc1ccc2nnc(CCCC(=O)Nc3ccc(OC)c(Cl)c3)n2n1. The Labute approximate surface area is 155 Å². The van der Waals surface area contributed by atoms with Crippen LogP contribution in [0.25, 0.3) is 5.65 Å². The molecular weight excluding hydrogens is 358 g/mol. The minimum absolute atomic E-state index is 0.106.